The van der Waals surface area contributed by atoms with Crippen molar-refractivity contribution < 1.29 is 4.79 Å². The van der Waals surface area contributed by atoms with Gasteiger partial charge >= 0.3 is 0 Å². The van der Waals surface area contributed by atoms with Crippen LogP contribution in [-0.4, -0.2) is 46.8 Å². The van der Waals surface area contributed by atoms with E-state index in [2.05, 4.69) is 16.9 Å². The third-order valence-corrected chi connectivity index (χ3v) is 5.00. The molecule has 24 heavy (non-hydrogen) atoms. The van der Waals surface area contributed by atoms with Crippen LogP contribution in [0.3, 0.4) is 0 Å². The van der Waals surface area contributed by atoms with Gasteiger partial charge in [-0.2, -0.15) is 5.10 Å². The zero-order valence-electron chi connectivity index (χ0n) is 14.2. The fourth-order valence-corrected chi connectivity index (χ4v) is 3.53. The summed E-state index contributed by atoms with van der Waals surface area (Å²) in [5.41, 5.74) is 2.02. The number of carbonyl (C=O) groups excluding carboxylic acids is 1. The number of aryl methyl sites for hydroxylation is 1. The Hall–Kier alpha value is -1.85. The smallest absolute Gasteiger partial charge is 0.244 e. The molecule has 1 aliphatic heterocycles. The SMILES string of the molecule is CCn1nccc1CCN(C)[C@H]1CCN(c2ccccc2Cl)C1=O. The van der Waals surface area contributed by atoms with Gasteiger partial charge in [0.2, 0.25) is 5.91 Å². The van der Waals surface area contributed by atoms with Crippen LogP contribution in [0.15, 0.2) is 36.5 Å². The number of nitrogens with zero attached hydrogens (tertiary/aromatic N) is 4. The van der Waals surface area contributed by atoms with Gasteiger partial charge in [-0.1, -0.05) is 23.7 Å². The number of aromatic nitrogens is 2. The highest BCUT2D eigenvalue weighted by Gasteiger charge is 2.35. The van der Waals surface area contributed by atoms with E-state index < -0.39 is 0 Å². The molecule has 1 aromatic carbocycles. The molecule has 5 nitrogen and oxygen atoms in total. The second-order valence-corrected chi connectivity index (χ2v) is 6.52. The van der Waals surface area contributed by atoms with Gasteiger partial charge in [0, 0.05) is 37.9 Å². The van der Waals surface area contributed by atoms with Gasteiger partial charge in [0.1, 0.15) is 0 Å². The molecule has 0 saturated carbocycles. The zero-order valence-corrected chi connectivity index (χ0v) is 14.9. The standard InChI is InChI=1S/C18H23ClN4O/c1-3-23-14(8-11-20-23)9-12-21(2)17-10-13-22(18(17)24)16-7-5-4-6-15(16)19/h4-8,11,17H,3,9-10,12-13H2,1-2H3/t17-/m0/s1. The maximum Gasteiger partial charge on any atom is 0.244 e. The molecule has 1 amide bonds. The Morgan fingerprint density at radius 3 is 2.88 bits per heavy atom. The molecule has 0 aliphatic carbocycles. The van der Waals surface area contributed by atoms with Crippen LogP contribution in [0.25, 0.3) is 0 Å². The third-order valence-electron chi connectivity index (χ3n) is 4.68. The molecule has 0 unspecified atom stereocenters. The van der Waals surface area contributed by atoms with E-state index in [9.17, 15) is 4.79 Å². The summed E-state index contributed by atoms with van der Waals surface area (Å²) in [5, 5.41) is 4.92. The molecule has 0 radical (unpaired) electrons. The van der Waals surface area contributed by atoms with Gasteiger partial charge in [0.05, 0.1) is 16.8 Å². The molecular weight excluding hydrogens is 324 g/mol. The lowest BCUT2D eigenvalue weighted by molar-refractivity contribution is -0.121. The first-order valence-corrected chi connectivity index (χ1v) is 8.76. The number of benzene rings is 1. The van der Waals surface area contributed by atoms with Gasteiger partial charge in [-0.25, -0.2) is 0 Å². The Balaban J connectivity index is 1.63. The Morgan fingerprint density at radius 1 is 1.33 bits per heavy atom. The van der Waals surface area contributed by atoms with Crippen LogP contribution < -0.4 is 4.90 Å². The third kappa shape index (κ3) is 3.32. The maximum absolute atomic E-state index is 12.8. The van der Waals surface area contributed by atoms with Crippen LogP contribution >= 0.6 is 11.6 Å². The number of para-hydroxylation sites is 1. The van der Waals surface area contributed by atoms with Gasteiger partial charge < -0.3 is 4.90 Å². The fourth-order valence-electron chi connectivity index (χ4n) is 3.29. The number of anilines is 1. The number of halogens is 1. The number of carbonyl (C=O) groups is 1. The average molecular weight is 347 g/mol. The monoisotopic (exact) mass is 346 g/mol. The Morgan fingerprint density at radius 2 is 2.12 bits per heavy atom. The molecule has 2 heterocycles. The molecule has 0 spiro atoms. The van der Waals surface area contributed by atoms with E-state index >= 15 is 0 Å². The van der Waals surface area contributed by atoms with Crippen molar-refractivity contribution in [3.63, 3.8) is 0 Å². The molecule has 2 aromatic rings. The van der Waals surface area contributed by atoms with Crippen molar-refractivity contribution in [1.82, 2.24) is 14.7 Å². The summed E-state index contributed by atoms with van der Waals surface area (Å²) in [4.78, 5) is 16.7. The summed E-state index contributed by atoms with van der Waals surface area (Å²) >= 11 is 6.24. The minimum atomic E-state index is -0.0840. The van der Waals surface area contributed by atoms with Crippen molar-refractivity contribution in [2.24, 2.45) is 0 Å². The number of amides is 1. The number of hydrogen-bond donors (Lipinski definition) is 0. The largest absolute Gasteiger partial charge is 0.310 e. The molecular formula is C18H23ClN4O. The molecule has 1 aromatic heterocycles. The van der Waals surface area contributed by atoms with Crippen LogP contribution in [-0.2, 0) is 17.8 Å². The molecule has 0 bridgehead atoms. The van der Waals surface area contributed by atoms with Crippen molar-refractivity contribution in [2.75, 3.05) is 25.0 Å². The Bertz CT molecular complexity index is 715. The number of likely N-dealkylation sites (N-methyl/N-ethyl adjacent to an activating group) is 1. The molecule has 1 atom stereocenters. The summed E-state index contributed by atoms with van der Waals surface area (Å²) in [6, 6.07) is 9.49. The summed E-state index contributed by atoms with van der Waals surface area (Å²) in [7, 11) is 2.02. The topological polar surface area (TPSA) is 41.4 Å². The van der Waals surface area contributed by atoms with Crippen molar-refractivity contribution in [1.29, 1.82) is 0 Å². The van der Waals surface area contributed by atoms with Crippen LogP contribution in [0.5, 0.6) is 0 Å². The molecule has 0 N–H and O–H groups in total. The van der Waals surface area contributed by atoms with E-state index in [0.717, 1.165) is 31.6 Å². The van der Waals surface area contributed by atoms with Crippen LogP contribution in [0.1, 0.15) is 19.0 Å². The van der Waals surface area contributed by atoms with Crippen molar-refractivity contribution >= 4 is 23.2 Å². The normalized spacial score (nSPS) is 17.9. The van der Waals surface area contributed by atoms with E-state index in [-0.39, 0.29) is 11.9 Å². The molecule has 1 saturated heterocycles. The van der Waals surface area contributed by atoms with Crippen molar-refractivity contribution in [3.8, 4) is 0 Å². The van der Waals surface area contributed by atoms with Crippen molar-refractivity contribution in [3.05, 3.63) is 47.2 Å². The summed E-state index contributed by atoms with van der Waals surface area (Å²) in [6.07, 6.45) is 3.55. The fraction of sp³-hybridized carbons (Fsp3) is 0.444. The lowest BCUT2D eigenvalue weighted by Gasteiger charge is -2.24. The molecule has 3 rings (SSSR count). The summed E-state index contributed by atoms with van der Waals surface area (Å²) < 4.78 is 2.00. The quantitative estimate of drug-likeness (QED) is 0.807. The number of rotatable bonds is 6. The highest BCUT2D eigenvalue weighted by molar-refractivity contribution is 6.33. The molecule has 6 heteroatoms. The average Bonchev–Trinajstić information content (AvgIpc) is 3.19. The lowest BCUT2D eigenvalue weighted by Crippen LogP contribution is -2.40. The predicted molar refractivity (Wildman–Crippen MR) is 96.4 cm³/mol. The van der Waals surface area contributed by atoms with Gasteiger partial charge in [-0.15, -0.1) is 0 Å². The summed E-state index contributed by atoms with van der Waals surface area (Å²) in [5.74, 6) is 0.134. The minimum Gasteiger partial charge on any atom is -0.310 e. The number of hydrogen-bond acceptors (Lipinski definition) is 3. The minimum absolute atomic E-state index is 0.0840. The maximum atomic E-state index is 12.8. The predicted octanol–water partition coefficient (Wildman–Crippen LogP) is 2.84. The summed E-state index contributed by atoms with van der Waals surface area (Å²) in [6.45, 7) is 4.50. The van der Waals surface area contributed by atoms with E-state index in [1.807, 2.05) is 48.3 Å². The van der Waals surface area contributed by atoms with E-state index in [4.69, 9.17) is 11.6 Å². The first kappa shape index (κ1) is 17.0. The lowest BCUT2D eigenvalue weighted by atomic mass is 10.2. The van der Waals surface area contributed by atoms with Crippen LogP contribution in [0.4, 0.5) is 5.69 Å². The Kier molecular flexibility index (Phi) is 5.21. The first-order chi connectivity index (χ1) is 11.6. The van der Waals surface area contributed by atoms with Gasteiger partial charge in [0.25, 0.3) is 0 Å². The second-order valence-electron chi connectivity index (χ2n) is 6.11. The molecule has 1 fully saturated rings. The highest BCUT2D eigenvalue weighted by Crippen LogP contribution is 2.30. The van der Waals surface area contributed by atoms with Gasteiger partial charge in [-0.3, -0.25) is 14.4 Å². The van der Waals surface area contributed by atoms with E-state index in [0.29, 0.717) is 11.6 Å². The zero-order chi connectivity index (χ0) is 17.1. The second kappa shape index (κ2) is 7.36. The van der Waals surface area contributed by atoms with Gasteiger partial charge in [-0.05, 0) is 38.6 Å². The van der Waals surface area contributed by atoms with Gasteiger partial charge in [0.15, 0.2) is 0 Å². The van der Waals surface area contributed by atoms with Crippen LogP contribution in [0, 0.1) is 0 Å². The molecule has 128 valence electrons. The highest BCUT2D eigenvalue weighted by atomic mass is 35.5. The van der Waals surface area contributed by atoms with Crippen LogP contribution in [0.2, 0.25) is 5.02 Å². The van der Waals surface area contributed by atoms with E-state index in [1.54, 1.807) is 4.90 Å². The Labute approximate surface area is 147 Å². The molecule has 1 aliphatic rings. The van der Waals surface area contributed by atoms with E-state index in [1.165, 1.54) is 5.69 Å². The first-order valence-electron chi connectivity index (χ1n) is 8.38. The van der Waals surface area contributed by atoms with Crippen molar-refractivity contribution in [2.45, 2.75) is 32.4 Å².